The van der Waals surface area contributed by atoms with Gasteiger partial charge in [0, 0.05) is 5.57 Å². The summed E-state index contributed by atoms with van der Waals surface area (Å²) in [6, 6.07) is 3.32. The molecule has 0 heterocycles. The molecule has 0 aliphatic heterocycles. The highest BCUT2D eigenvalue weighted by atomic mass is 14.7. The Balaban J connectivity index is 4.78. The van der Waals surface area contributed by atoms with Crippen LogP contribution in [-0.4, -0.2) is 0 Å². The van der Waals surface area contributed by atoms with Crippen LogP contribution in [0.5, 0.6) is 0 Å². The molecule has 0 bridgehead atoms. The van der Waals surface area contributed by atoms with Gasteiger partial charge in [0.15, 0.2) is 0 Å². The van der Waals surface area contributed by atoms with Gasteiger partial charge in [0.05, 0.1) is 18.7 Å². The number of allylic oxidation sites excluding steroid dienone is 2. The number of hydrogen-bond acceptors (Lipinski definition) is 2. The van der Waals surface area contributed by atoms with Gasteiger partial charge in [-0.2, -0.15) is 5.26 Å². The van der Waals surface area contributed by atoms with E-state index in [9.17, 15) is 0 Å². The molecule has 0 rings (SSSR count). The van der Waals surface area contributed by atoms with Crippen LogP contribution in [0.15, 0.2) is 11.3 Å². The third kappa shape index (κ3) is 1.63. The molecule has 0 spiro atoms. The highest BCUT2D eigenvalue weighted by molar-refractivity contribution is 5.38. The summed E-state index contributed by atoms with van der Waals surface area (Å²) >= 11 is 0. The zero-order valence-electron chi connectivity index (χ0n) is 4.84. The predicted molar refractivity (Wildman–Crippen MR) is 30.5 cm³/mol. The van der Waals surface area contributed by atoms with E-state index in [4.69, 9.17) is 17.1 Å². The van der Waals surface area contributed by atoms with Crippen LogP contribution in [0.2, 0.25) is 0 Å². The van der Waals surface area contributed by atoms with Gasteiger partial charge in [-0.05, 0) is 6.92 Å². The average Bonchev–Trinajstić information content (AvgIpc) is 1.90. The Morgan fingerprint density at radius 2 is 2.00 bits per heavy atom. The summed E-state index contributed by atoms with van der Waals surface area (Å²) in [5, 5.41) is 16.3. The molecule has 0 aromatic heterocycles. The normalized spacial score (nSPS) is 10.0. The molecular formula is C6H3N3. The van der Waals surface area contributed by atoms with Crippen molar-refractivity contribution in [2.75, 3.05) is 0 Å². The Labute approximate surface area is 53.3 Å². The van der Waals surface area contributed by atoms with Crippen LogP contribution in [-0.2, 0) is 0 Å². The first kappa shape index (κ1) is 7.21. The number of rotatable bonds is 0. The van der Waals surface area contributed by atoms with Crippen LogP contribution in [0.3, 0.4) is 0 Å². The molecule has 0 aromatic rings. The Hall–Kier alpha value is -1.79. The monoisotopic (exact) mass is 117 g/mol. The molecule has 0 aliphatic carbocycles. The third-order valence-corrected chi connectivity index (χ3v) is 0.741. The molecule has 0 saturated heterocycles. The van der Waals surface area contributed by atoms with Crippen LogP contribution in [0, 0.1) is 29.2 Å². The maximum Gasteiger partial charge on any atom is 0.275 e. The lowest BCUT2D eigenvalue weighted by atomic mass is 10.3. The van der Waals surface area contributed by atoms with E-state index in [1.54, 1.807) is 12.1 Å². The van der Waals surface area contributed by atoms with Crippen molar-refractivity contribution in [3.05, 3.63) is 22.7 Å². The van der Waals surface area contributed by atoms with Crippen LogP contribution in [0.1, 0.15) is 6.92 Å². The first-order chi connectivity index (χ1) is 4.26. The van der Waals surface area contributed by atoms with Crippen molar-refractivity contribution in [1.29, 1.82) is 10.5 Å². The first-order valence-corrected chi connectivity index (χ1v) is 2.14. The first-order valence-electron chi connectivity index (χ1n) is 2.14. The third-order valence-electron chi connectivity index (χ3n) is 0.741. The van der Waals surface area contributed by atoms with Crippen LogP contribution in [0.25, 0.3) is 4.85 Å². The van der Waals surface area contributed by atoms with Gasteiger partial charge < -0.3 is 0 Å². The largest absolute Gasteiger partial charge is 0.275 e. The van der Waals surface area contributed by atoms with E-state index in [1.807, 2.05) is 0 Å². The van der Waals surface area contributed by atoms with Crippen molar-refractivity contribution in [3.63, 3.8) is 0 Å². The van der Waals surface area contributed by atoms with E-state index in [1.165, 1.54) is 6.92 Å². The number of nitrogens with zero attached hydrogens (tertiary/aromatic N) is 3. The molecule has 0 atom stereocenters. The second-order valence-corrected chi connectivity index (χ2v) is 1.31. The van der Waals surface area contributed by atoms with E-state index in [0.717, 1.165) is 0 Å². The minimum atomic E-state index is -0.127. The quantitative estimate of drug-likeness (QED) is 0.354. The van der Waals surface area contributed by atoms with Gasteiger partial charge in [0.1, 0.15) is 0 Å². The van der Waals surface area contributed by atoms with Crippen molar-refractivity contribution in [2.45, 2.75) is 6.92 Å². The summed E-state index contributed by atoms with van der Waals surface area (Å²) in [7, 11) is 0. The molecule has 3 nitrogen and oxygen atoms in total. The Kier molecular flexibility index (Phi) is 2.60. The Bertz CT molecular complexity index is 237. The molecule has 0 radical (unpaired) electrons. The second kappa shape index (κ2) is 3.24. The van der Waals surface area contributed by atoms with Gasteiger partial charge in [0.25, 0.3) is 5.70 Å². The summed E-state index contributed by atoms with van der Waals surface area (Å²) in [4.78, 5) is 2.82. The van der Waals surface area contributed by atoms with Gasteiger partial charge >= 0.3 is 0 Å². The van der Waals surface area contributed by atoms with E-state index < -0.39 is 0 Å². The van der Waals surface area contributed by atoms with Crippen molar-refractivity contribution >= 4 is 0 Å². The van der Waals surface area contributed by atoms with Gasteiger partial charge in [-0.3, -0.25) is 0 Å². The highest BCUT2D eigenvalue weighted by Crippen LogP contribution is 2.01. The minimum absolute atomic E-state index is 0.127. The summed E-state index contributed by atoms with van der Waals surface area (Å²) in [6.45, 7) is 7.83. The summed E-state index contributed by atoms with van der Waals surface area (Å²) in [5.41, 5.74) is 0.0463. The van der Waals surface area contributed by atoms with Crippen molar-refractivity contribution in [2.24, 2.45) is 0 Å². The molecule has 9 heavy (non-hydrogen) atoms. The number of hydrogen-bond donors (Lipinski definition) is 0. The van der Waals surface area contributed by atoms with Crippen molar-refractivity contribution in [1.82, 2.24) is 0 Å². The lowest BCUT2D eigenvalue weighted by Gasteiger charge is -1.79. The standard InChI is InChI=1S/C6H3N3/c1-5(3-7)6(4-8)9-2/h1H3. The van der Waals surface area contributed by atoms with Crippen LogP contribution in [0.4, 0.5) is 0 Å². The molecular weight excluding hydrogens is 114 g/mol. The Morgan fingerprint density at radius 1 is 1.44 bits per heavy atom. The summed E-state index contributed by atoms with van der Waals surface area (Å²) < 4.78 is 0. The zero-order chi connectivity index (χ0) is 7.28. The highest BCUT2D eigenvalue weighted by Gasteiger charge is 1.96. The van der Waals surface area contributed by atoms with Gasteiger partial charge in [-0.1, -0.05) is 0 Å². The summed E-state index contributed by atoms with van der Waals surface area (Å²) in [6.07, 6.45) is 0. The minimum Gasteiger partial charge on any atom is -0.226 e. The molecule has 0 saturated carbocycles. The molecule has 3 heteroatoms. The van der Waals surface area contributed by atoms with Gasteiger partial charge in [-0.15, -0.1) is 0 Å². The average molecular weight is 117 g/mol. The topological polar surface area (TPSA) is 51.9 Å². The Morgan fingerprint density at radius 3 is 2.11 bits per heavy atom. The zero-order valence-corrected chi connectivity index (χ0v) is 4.84. The number of nitriles is 2. The molecule has 0 unspecified atom stereocenters. The molecule has 0 aromatic carbocycles. The van der Waals surface area contributed by atoms with E-state index in [2.05, 4.69) is 4.85 Å². The van der Waals surface area contributed by atoms with Crippen molar-refractivity contribution in [3.8, 4) is 12.1 Å². The van der Waals surface area contributed by atoms with Crippen LogP contribution >= 0.6 is 0 Å². The fourth-order valence-corrected chi connectivity index (χ4v) is 0.246. The van der Waals surface area contributed by atoms with Gasteiger partial charge in [-0.25, -0.2) is 10.1 Å². The predicted octanol–water partition coefficient (Wildman–Crippen LogP) is 1.23. The fourth-order valence-electron chi connectivity index (χ4n) is 0.246. The summed E-state index contributed by atoms with van der Waals surface area (Å²) in [5.74, 6) is 0. The lowest BCUT2D eigenvalue weighted by Crippen LogP contribution is -1.73. The molecule has 0 aliphatic rings. The maximum absolute atomic E-state index is 8.17. The van der Waals surface area contributed by atoms with Crippen LogP contribution < -0.4 is 0 Å². The molecule has 0 amide bonds. The van der Waals surface area contributed by atoms with Gasteiger partial charge in [0.2, 0.25) is 0 Å². The van der Waals surface area contributed by atoms with E-state index >= 15 is 0 Å². The van der Waals surface area contributed by atoms with E-state index in [0.29, 0.717) is 0 Å². The molecule has 0 N–H and O–H groups in total. The fraction of sp³-hybridized carbons (Fsp3) is 0.167. The maximum atomic E-state index is 8.17. The van der Waals surface area contributed by atoms with E-state index in [-0.39, 0.29) is 11.3 Å². The lowest BCUT2D eigenvalue weighted by molar-refractivity contribution is 1.39. The second-order valence-electron chi connectivity index (χ2n) is 1.31. The molecule has 42 valence electrons. The smallest absolute Gasteiger partial charge is 0.226 e. The van der Waals surface area contributed by atoms with Crippen molar-refractivity contribution < 1.29 is 0 Å². The molecule has 0 fully saturated rings. The SMILES string of the molecule is [C-]#[N+]C(C#N)=C(C)C#N.